The number of unbranched alkanes of at least 4 members (excludes halogenated alkanes) is 3. The molecule has 5 rings (SSSR count). The highest BCUT2D eigenvalue weighted by Crippen LogP contribution is 2.60. The molecule has 2 aromatic carbocycles. The van der Waals surface area contributed by atoms with Gasteiger partial charge in [-0.2, -0.15) is 0 Å². The summed E-state index contributed by atoms with van der Waals surface area (Å²) in [4.78, 5) is 43.2. The van der Waals surface area contributed by atoms with Crippen molar-refractivity contribution >= 4 is 50.9 Å². The Bertz CT molecular complexity index is 1240. The van der Waals surface area contributed by atoms with E-state index in [0.29, 0.717) is 43.1 Å². The van der Waals surface area contributed by atoms with Crippen LogP contribution in [0.1, 0.15) is 43.2 Å². The molecule has 0 radical (unpaired) electrons. The fourth-order valence-electron chi connectivity index (χ4n) is 6.60. The van der Waals surface area contributed by atoms with Crippen LogP contribution in [0.5, 0.6) is 0 Å². The predicted molar refractivity (Wildman–Crippen MR) is 156 cm³/mol. The van der Waals surface area contributed by atoms with Crippen molar-refractivity contribution in [2.75, 3.05) is 18.5 Å². The van der Waals surface area contributed by atoms with E-state index in [2.05, 4.69) is 26.6 Å². The van der Waals surface area contributed by atoms with Crippen LogP contribution < -0.4 is 10.6 Å². The minimum Gasteiger partial charge on any atom is -0.396 e. The molecule has 0 aliphatic carbocycles. The second-order valence-electron chi connectivity index (χ2n) is 11.0. The first-order valence-corrected chi connectivity index (χ1v) is 15.2. The van der Waals surface area contributed by atoms with E-state index in [0.717, 1.165) is 24.0 Å². The van der Waals surface area contributed by atoms with Crippen molar-refractivity contribution < 1.29 is 24.2 Å². The first-order valence-electron chi connectivity index (χ1n) is 13.9. The number of carbonyl (C=O) groups excluding carboxylic acids is 3. The summed E-state index contributed by atoms with van der Waals surface area (Å²) in [5.74, 6) is -2.31. The quantitative estimate of drug-likeness (QED) is 0.254. The van der Waals surface area contributed by atoms with Crippen LogP contribution in [0.4, 0.5) is 5.69 Å². The van der Waals surface area contributed by atoms with Gasteiger partial charge in [0.15, 0.2) is 0 Å². The molecule has 2 bridgehead atoms. The smallest absolute Gasteiger partial charge is 0.250 e. The lowest BCUT2D eigenvalue weighted by Crippen LogP contribution is -2.54. The van der Waals surface area contributed by atoms with Crippen molar-refractivity contribution in [3.05, 3.63) is 64.7 Å². The molecule has 3 heterocycles. The molecular weight excluding hydrogens is 598 g/mol. The first-order chi connectivity index (χ1) is 19.3. The predicted octanol–water partition coefficient (Wildman–Crippen LogP) is 4.20. The molecule has 3 unspecified atom stereocenters. The number of ether oxygens (including phenoxy) is 1. The van der Waals surface area contributed by atoms with Gasteiger partial charge in [-0.15, -0.1) is 0 Å². The van der Waals surface area contributed by atoms with Crippen molar-refractivity contribution in [2.24, 2.45) is 11.8 Å². The normalized spacial score (nSPS) is 28.6. The number of hydrogen-bond acceptors (Lipinski definition) is 5. The number of anilines is 1. The summed E-state index contributed by atoms with van der Waals surface area (Å²) in [5.41, 5.74) is 1.14. The SMILES string of the molecule is Cc1cccc(Cl)c1NC(=O)C1N(CCCCCCO)C(=O)[C@@H]2[C@@H](C(=O)NCc3ccccc3)[C@@H]3OC12CC3Br. The first kappa shape index (κ1) is 29.0. The summed E-state index contributed by atoms with van der Waals surface area (Å²) in [5, 5.41) is 15.5. The number of carbonyl (C=O) groups is 3. The van der Waals surface area contributed by atoms with Crippen LogP contribution in [0.25, 0.3) is 0 Å². The number of hydrogen-bond donors (Lipinski definition) is 3. The van der Waals surface area contributed by atoms with Crippen LogP contribution in [0.3, 0.4) is 0 Å². The minimum atomic E-state index is -1.13. The largest absolute Gasteiger partial charge is 0.396 e. The molecule has 6 atom stereocenters. The van der Waals surface area contributed by atoms with Crippen molar-refractivity contribution in [2.45, 2.75) is 68.1 Å². The topological polar surface area (TPSA) is 108 Å². The molecule has 0 saturated carbocycles. The summed E-state index contributed by atoms with van der Waals surface area (Å²) in [6.07, 6.45) is 2.93. The zero-order valence-corrected chi connectivity index (χ0v) is 24.8. The van der Waals surface area contributed by atoms with E-state index < -0.39 is 29.6 Å². The molecule has 40 heavy (non-hydrogen) atoms. The van der Waals surface area contributed by atoms with Crippen molar-refractivity contribution in [1.29, 1.82) is 0 Å². The standard InChI is InChI=1S/C30H35BrClN3O5/c1-18-10-9-13-21(32)24(18)34-28(38)26-30-16-20(31)25(40-30)22(27(37)33-17-19-11-5-4-6-12-19)23(30)29(39)35(26)14-7-2-3-8-15-36/h4-6,9-13,20,22-23,25-26,36H,2-3,7-8,14-17H2,1H3,(H,33,37)(H,34,38)/t20?,22-,23+,25-,26?,30?/m1/s1. The molecule has 8 nitrogen and oxygen atoms in total. The maximum atomic E-state index is 14.1. The van der Waals surface area contributed by atoms with Crippen LogP contribution in [0.2, 0.25) is 5.02 Å². The van der Waals surface area contributed by atoms with E-state index in [-0.39, 0.29) is 29.2 Å². The Morgan fingerprint density at radius 3 is 2.58 bits per heavy atom. The number of fused-ring (bicyclic) bond motifs is 1. The lowest BCUT2D eigenvalue weighted by atomic mass is 9.70. The monoisotopic (exact) mass is 631 g/mol. The summed E-state index contributed by atoms with van der Waals surface area (Å²) >= 11 is 10.1. The fraction of sp³-hybridized carbons (Fsp3) is 0.500. The zero-order valence-electron chi connectivity index (χ0n) is 22.4. The Labute approximate surface area is 247 Å². The number of aryl methyl sites for hydroxylation is 1. The van der Waals surface area contributed by atoms with E-state index in [9.17, 15) is 14.4 Å². The third-order valence-electron chi connectivity index (χ3n) is 8.43. The molecule has 3 saturated heterocycles. The summed E-state index contributed by atoms with van der Waals surface area (Å²) in [7, 11) is 0. The van der Waals surface area contributed by atoms with Gasteiger partial charge in [0.05, 0.1) is 28.6 Å². The van der Waals surface area contributed by atoms with Crippen LogP contribution in [0.15, 0.2) is 48.5 Å². The van der Waals surface area contributed by atoms with Crippen molar-refractivity contribution in [3.8, 4) is 0 Å². The van der Waals surface area contributed by atoms with Gasteiger partial charge in [0.1, 0.15) is 11.6 Å². The van der Waals surface area contributed by atoms with Gasteiger partial charge in [-0.1, -0.05) is 82.8 Å². The van der Waals surface area contributed by atoms with Crippen LogP contribution >= 0.6 is 27.5 Å². The van der Waals surface area contributed by atoms with Gasteiger partial charge in [-0.3, -0.25) is 14.4 Å². The Balaban J connectivity index is 1.43. The Kier molecular flexibility index (Phi) is 8.85. The second kappa shape index (κ2) is 12.2. The highest BCUT2D eigenvalue weighted by Gasteiger charge is 2.76. The number of aliphatic hydroxyl groups excluding tert-OH is 1. The number of alkyl halides is 1. The third-order valence-corrected chi connectivity index (χ3v) is 9.59. The highest BCUT2D eigenvalue weighted by molar-refractivity contribution is 9.09. The number of rotatable bonds is 11. The molecule has 10 heteroatoms. The lowest BCUT2D eigenvalue weighted by Gasteiger charge is -2.34. The van der Waals surface area contributed by atoms with Gasteiger partial charge in [-0.25, -0.2) is 0 Å². The molecule has 214 valence electrons. The number of aliphatic hydroxyl groups is 1. The van der Waals surface area contributed by atoms with Gasteiger partial charge in [0.2, 0.25) is 17.7 Å². The number of halogens is 2. The van der Waals surface area contributed by atoms with Crippen LogP contribution in [-0.2, 0) is 25.7 Å². The molecule has 3 aliphatic heterocycles. The number of nitrogens with one attached hydrogen (secondary N) is 2. The van der Waals surface area contributed by atoms with Crippen LogP contribution in [0, 0.1) is 18.8 Å². The van der Waals surface area contributed by atoms with E-state index in [1.165, 1.54) is 0 Å². The molecule has 3 N–H and O–H groups in total. The summed E-state index contributed by atoms with van der Waals surface area (Å²) < 4.78 is 6.56. The van der Waals surface area contributed by atoms with Gasteiger partial charge in [-0.05, 0) is 43.4 Å². The van der Waals surface area contributed by atoms with Crippen molar-refractivity contribution in [1.82, 2.24) is 10.2 Å². The number of likely N-dealkylation sites (tertiary alicyclic amines) is 1. The summed E-state index contributed by atoms with van der Waals surface area (Å²) in [6, 6.07) is 14.1. The van der Waals surface area contributed by atoms with E-state index in [1.807, 2.05) is 49.4 Å². The number of para-hydroxylation sites is 1. The summed E-state index contributed by atoms with van der Waals surface area (Å²) in [6.45, 7) is 2.69. The van der Waals surface area contributed by atoms with E-state index in [4.69, 9.17) is 21.4 Å². The Hall–Kier alpha value is -2.46. The highest BCUT2D eigenvalue weighted by atomic mass is 79.9. The maximum absolute atomic E-state index is 14.1. The second-order valence-corrected chi connectivity index (χ2v) is 12.5. The average molecular weight is 633 g/mol. The number of amides is 3. The average Bonchev–Trinajstić information content (AvgIpc) is 3.53. The fourth-order valence-corrected chi connectivity index (χ4v) is 7.81. The van der Waals surface area contributed by atoms with Gasteiger partial charge in [0, 0.05) is 24.5 Å². The van der Waals surface area contributed by atoms with Gasteiger partial charge >= 0.3 is 0 Å². The molecule has 3 fully saturated rings. The molecule has 3 aliphatic rings. The van der Waals surface area contributed by atoms with Crippen LogP contribution in [-0.4, -0.2) is 63.5 Å². The molecule has 1 spiro atoms. The molecular formula is C30H35BrClN3O5. The Morgan fingerprint density at radius 1 is 1.10 bits per heavy atom. The van der Waals surface area contributed by atoms with Crippen molar-refractivity contribution in [3.63, 3.8) is 0 Å². The zero-order chi connectivity index (χ0) is 28.4. The molecule has 0 aromatic heterocycles. The minimum absolute atomic E-state index is 0.123. The third kappa shape index (κ3) is 5.29. The number of nitrogens with zero attached hydrogens (tertiary/aromatic N) is 1. The van der Waals surface area contributed by atoms with E-state index >= 15 is 0 Å². The van der Waals surface area contributed by atoms with Gasteiger partial charge in [0.25, 0.3) is 0 Å². The van der Waals surface area contributed by atoms with E-state index in [1.54, 1.807) is 11.0 Å². The lowest BCUT2D eigenvalue weighted by molar-refractivity contribution is -0.140. The van der Waals surface area contributed by atoms with Gasteiger partial charge < -0.3 is 25.4 Å². The molecule has 2 aromatic rings. The maximum Gasteiger partial charge on any atom is 0.250 e. The Morgan fingerprint density at radius 2 is 1.85 bits per heavy atom. The molecule has 3 amide bonds. The number of benzene rings is 2.